The molecule has 22 heavy (non-hydrogen) atoms. The summed E-state index contributed by atoms with van der Waals surface area (Å²) in [5.41, 5.74) is 0.799. The van der Waals surface area contributed by atoms with E-state index in [9.17, 15) is 4.79 Å². The summed E-state index contributed by atoms with van der Waals surface area (Å²) in [5, 5.41) is 2.92. The zero-order valence-electron chi connectivity index (χ0n) is 13.5. The summed E-state index contributed by atoms with van der Waals surface area (Å²) < 4.78 is 11.0. The molecule has 0 aromatic heterocycles. The van der Waals surface area contributed by atoms with Crippen LogP contribution in [0, 0.1) is 5.92 Å². The van der Waals surface area contributed by atoms with Gasteiger partial charge in [0.1, 0.15) is 12.4 Å². The number of hydrogen-bond acceptors (Lipinski definition) is 4. The number of likely N-dealkylation sites (N-methyl/N-ethyl adjacent to an activating group) is 1. The fourth-order valence-electron chi connectivity index (χ4n) is 2.45. The number of benzene rings is 1. The van der Waals surface area contributed by atoms with Crippen molar-refractivity contribution >= 4 is 11.6 Å². The number of carbonyl (C=O) groups excluding carboxylic acids is 1. The normalized spacial score (nSPS) is 17.7. The number of amides is 1. The molecule has 1 atom stereocenters. The molecule has 0 radical (unpaired) electrons. The van der Waals surface area contributed by atoms with E-state index in [-0.39, 0.29) is 11.8 Å². The Kier molecular flexibility index (Phi) is 6.68. The van der Waals surface area contributed by atoms with Gasteiger partial charge in [0.25, 0.3) is 0 Å². The van der Waals surface area contributed by atoms with Crippen molar-refractivity contribution in [1.29, 1.82) is 0 Å². The van der Waals surface area contributed by atoms with E-state index in [2.05, 4.69) is 24.1 Å². The molecule has 1 amide bonds. The van der Waals surface area contributed by atoms with Crippen LogP contribution in [-0.2, 0) is 9.53 Å². The summed E-state index contributed by atoms with van der Waals surface area (Å²) in [5.74, 6) is 0.840. The SMILES string of the molecule is CCN(CC)CCOc1ccc(NC(=O)C2CCOC2)cc1. The smallest absolute Gasteiger partial charge is 0.229 e. The largest absolute Gasteiger partial charge is 0.492 e. The molecule has 0 aliphatic carbocycles. The van der Waals surface area contributed by atoms with Gasteiger partial charge in [-0.25, -0.2) is 0 Å². The third-order valence-electron chi connectivity index (χ3n) is 3.99. The van der Waals surface area contributed by atoms with E-state index >= 15 is 0 Å². The Balaban J connectivity index is 1.76. The first-order chi connectivity index (χ1) is 10.7. The summed E-state index contributed by atoms with van der Waals surface area (Å²) in [7, 11) is 0. The van der Waals surface area contributed by atoms with Gasteiger partial charge in [0.2, 0.25) is 5.91 Å². The molecule has 0 saturated carbocycles. The lowest BCUT2D eigenvalue weighted by molar-refractivity contribution is -0.119. The summed E-state index contributed by atoms with van der Waals surface area (Å²) in [4.78, 5) is 14.3. The monoisotopic (exact) mass is 306 g/mol. The maximum Gasteiger partial charge on any atom is 0.229 e. The Morgan fingerprint density at radius 1 is 1.32 bits per heavy atom. The van der Waals surface area contributed by atoms with Crippen LogP contribution in [0.5, 0.6) is 5.75 Å². The van der Waals surface area contributed by atoms with E-state index in [0.717, 1.165) is 37.5 Å². The Labute approximate surface area is 132 Å². The van der Waals surface area contributed by atoms with Crippen molar-refractivity contribution in [2.45, 2.75) is 20.3 Å². The standard InChI is InChI=1S/C17H26N2O3/c1-3-19(4-2)10-12-22-16-7-5-15(6-8-16)18-17(20)14-9-11-21-13-14/h5-8,14H,3-4,9-13H2,1-2H3,(H,18,20). The number of nitrogens with one attached hydrogen (secondary N) is 1. The van der Waals surface area contributed by atoms with E-state index in [1.165, 1.54) is 0 Å². The quantitative estimate of drug-likeness (QED) is 0.801. The minimum absolute atomic E-state index is 0.0232. The third-order valence-corrected chi connectivity index (χ3v) is 3.99. The zero-order chi connectivity index (χ0) is 15.8. The summed E-state index contributed by atoms with van der Waals surface area (Å²) in [6, 6.07) is 7.53. The van der Waals surface area contributed by atoms with Crippen molar-refractivity contribution < 1.29 is 14.3 Å². The van der Waals surface area contributed by atoms with Crippen LogP contribution in [0.2, 0.25) is 0 Å². The molecule has 122 valence electrons. The molecule has 1 aliphatic rings. The first-order valence-corrected chi connectivity index (χ1v) is 8.06. The number of carbonyl (C=O) groups is 1. The Morgan fingerprint density at radius 3 is 2.64 bits per heavy atom. The van der Waals surface area contributed by atoms with Gasteiger partial charge < -0.3 is 19.7 Å². The molecule has 5 nitrogen and oxygen atoms in total. The van der Waals surface area contributed by atoms with Crippen LogP contribution >= 0.6 is 0 Å². The molecule has 1 aliphatic heterocycles. The van der Waals surface area contributed by atoms with E-state index in [1.54, 1.807) is 0 Å². The van der Waals surface area contributed by atoms with Crippen LogP contribution in [-0.4, -0.2) is 50.3 Å². The van der Waals surface area contributed by atoms with Gasteiger partial charge in [-0.1, -0.05) is 13.8 Å². The molecule has 1 saturated heterocycles. The Hall–Kier alpha value is -1.59. The van der Waals surface area contributed by atoms with E-state index in [1.807, 2.05) is 24.3 Å². The predicted molar refractivity (Wildman–Crippen MR) is 87.3 cm³/mol. The molecule has 5 heteroatoms. The van der Waals surface area contributed by atoms with Gasteiger partial charge in [0.15, 0.2) is 0 Å². The van der Waals surface area contributed by atoms with Crippen LogP contribution in [0.4, 0.5) is 5.69 Å². The molecular formula is C17H26N2O3. The number of hydrogen-bond donors (Lipinski definition) is 1. The summed E-state index contributed by atoms with van der Waals surface area (Å²) >= 11 is 0. The third kappa shape index (κ3) is 5.00. The number of ether oxygens (including phenoxy) is 2. The molecule has 1 unspecified atom stereocenters. The molecular weight excluding hydrogens is 280 g/mol. The molecule has 0 bridgehead atoms. The van der Waals surface area contributed by atoms with Gasteiger partial charge >= 0.3 is 0 Å². The molecule has 1 aromatic rings. The molecule has 2 rings (SSSR count). The molecule has 0 spiro atoms. The van der Waals surface area contributed by atoms with Gasteiger partial charge in [-0.3, -0.25) is 4.79 Å². The molecule has 1 heterocycles. The highest BCUT2D eigenvalue weighted by Gasteiger charge is 2.23. The van der Waals surface area contributed by atoms with Crippen molar-refractivity contribution in [2.75, 3.05) is 44.8 Å². The van der Waals surface area contributed by atoms with Crippen molar-refractivity contribution in [3.63, 3.8) is 0 Å². The van der Waals surface area contributed by atoms with Crippen molar-refractivity contribution in [2.24, 2.45) is 5.92 Å². The number of nitrogens with zero attached hydrogens (tertiary/aromatic N) is 1. The molecule has 1 N–H and O–H groups in total. The summed E-state index contributed by atoms with van der Waals surface area (Å²) in [6.07, 6.45) is 0.804. The minimum Gasteiger partial charge on any atom is -0.492 e. The Morgan fingerprint density at radius 2 is 2.05 bits per heavy atom. The maximum atomic E-state index is 12.0. The Bertz CT molecular complexity index is 451. The van der Waals surface area contributed by atoms with Crippen LogP contribution in [0.25, 0.3) is 0 Å². The number of rotatable bonds is 8. The fraction of sp³-hybridized carbons (Fsp3) is 0.588. The van der Waals surface area contributed by atoms with Gasteiger partial charge in [-0.15, -0.1) is 0 Å². The van der Waals surface area contributed by atoms with Gasteiger partial charge in [-0.2, -0.15) is 0 Å². The van der Waals surface area contributed by atoms with Gasteiger partial charge in [0, 0.05) is 18.8 Å². The minimum atomic E-state index is -0.0232. The van der Waals surface area contributed by atoms with Crippen LogP contribution < -0.4 is 10.1 Å². The van der Waals surface area contributed by atoms with Crippen molar-refractivity contribution in [3.05, 3.63) is 24.3 Å². The first kappa shape index (κ1) is 16.8. The van der Waals surface area contributed by atoms with Crippen LogP contribution in [0.3, 0.4) is 0 Å². The second kappa shape index (κ2) is 8.76. The maximum absolute atomic E-state index is 12.0. The van der Waals surface area contributed by atoms with E-state index in [0.29, 0.717) is 19.8 Å². The van der Waals surface area contributed by atoms with Crippen molar-refractivity contribution in [1.82, 2.24) is 4.90 Å². The summed E-state index contributed by atoms with van der Waals surface area (Å²) in [6.45, 7) is 9.17. The average Bonchev–Trinajstić information content (AvgIpc) is 3.08. The second-order valence-electron chi connectivity index (χ2n) is 5.45. The highest BCUT2D eigenvalue weighted by Crippen LogP contribution is 2.18. The number of anilines is 1. The van der Waals surface area contributed by atoms with E-state index in [4.69, 9.17) is 9.47 Å². The lowest BCUT2D eigenvalue weighted by Crippen LogP contribution is -2.27. The topological polar surface area (TPSA) is 50.8 Å². The first-order valence-electron chi connectivity index (χ1n) is 8.06. The zero-order valence-corrected chi connectivity index (χ0v) is 13.5. The lowest BCUT2D eigenvalue weighted by atomic mass is 10.1. The second-order valence-corrected chi connectivity index (χ2v) is 5.45. The highest BCUT2D eigenvalue weighted by atomic mass is 16.5. The predicted octanol–water partition coefficient (Wildman–Crippen LogP) is 2.38. The fourth-order valence-corrected chi connectivity index (χ4v) is 2.45. The van der Waals surface area contributed by atoms with Gasteiger partial charge in [0.05, 0.1) is 12.5 Å². The average molecular weight is 306 g/mol. The molecule has 1 aromatic carbocycles. The highest BCUT2D eigenvalue weighted by molar-refractivity contribution is 5.92. The van der Waals surface area contributed by atoms with Gasteiger partial charge in [-0.05, 0) is 43.8 Å². The lowest BCUT2D eigenvalue weighted by Gasteiger charge is -2.18. The molecule has 1 fully saturated rings. The van der Waals surface area contributed by atoms with Crippen LogP contribution in [0.15, 0.2) is 24.3 Å². The van der Waals surface area contributed by atoms with Crippen LogP contribution in [0.1, 0.15) is 20.3 Å². The van der Waals surface area contributed by atoms with Crippen molar-refractivity contribution in [3.8, 4) is 5.75 Å². The van der Waals surface area contributed by atoms with E-state index < -0.39 is 0 Å².